The van der Waals surface area contributed by atoms with Gasteiger partial charge in [-0.1, -0.05) is 47.6 Å². The maximum atomic E-state index is 14.2. The zero-order valence-corrected chi connectivity index (χ0v) is 20.6. The Morgan fingerprint density at radius 1 is 1.06 bits per heavy atom. The van der Waals surface area contributed by atoms with Crippen molar-refractivity contribution in [3.05, 3.63) is 83.7 Å². The number of benzene rings is 2. The standard InChI is InChI=1S/C25H27N3O6S/c1-18-19(2)27-34-25(18)28(17-32-14-13-31-3)35(29,30)23-15-20(16-24-26-11-12-33-24)9-10-22(23)21-7-5-4-6-8-21/h4-12,15H,13-14,16-17H2,1-3H3. The molecule has 35 heavy (non-hydrogen) atoms. The fourth-order valence-electron chi connectivity index (χ4n) is 3.54. The van der Waals surface area contributed by atoms with E-state index in [1.807, 2.05) is 36.4 Å². The van der Waals surface area contributed by atoms with Crippen molar-refractivity contribution in [2.24, 2.45) is 0 Å². The van der Waals surface area contributed by atoms with E-state index >= 15 is 0 Å². The lowest BCUT2D eigenvalue weighted by molar-refractivity contribution is 0.0744. The van der Waals surface area contributed by atoms with Gasteiger partial charge >= 0.3 is 0 Å². The van der Waals surface area contributed by atoms with E-state index in [2.05, 4.69) is 10.1 Å². The van der Waals surface area contributed by atoms with Crippen molar-refractivity contribution in [2.75, 3.05) is 31.4 Å². The molecule has 184 valence electrons. The second-order valence-corrected chi connectivity index (χ2v) is 9.71. The number of ether oxygens (including phenoxy) is 2. The van der Waals surface area contributed by atoms with Gasteiger partial charge in [-0.25, -0.2) is 17.7 Å². The fourth-order valence-corrected chi connectivity index (χ4v) is 5.15. The molecular weight excluding hydrogens is 470 g/mol. The lowest BCUT2D eigenvalue weighted by atomic mass is 10.0. The van der Waals surface area contributed by atoms with Crippen LogP contribution >= 0.6 is 0 Å². The van der Waals surface area contributed by atoms with Crippen LogP contribution in [-0.4, -0.2) is 45.6 Å². The first-order valence-electron chi connectivity index (χ1n) is 11.0. The van der Waals surface area contributed by atoms with Gasteiger partial charge in [0.25, 0.3) is 10.0 Å². The Hall–Kier alpha value is -3.47. The molecule has 0 unspecified atom stereocenters. The van der Waals surface area contributed by atoms with E-state index in [-0.39, 0.29) is 24.1 Å². The highest BCUT2D eigenvalue weighted by molar-refractivity contribution is 7.93. The molecule has 0 bridgehead atoms. The maximum Gasteiger partial charge on any atom is 0.269 e. The maximum absolute atomic E-state index is 14.2. The highest BCUT2D eigenvalue weighted by Crippen LogP contribution is 2.34. The van der Waals surface area contributed by atoms with Gasteiger partial charge in [-0.3, -0.25) is 0 Å². The van der Waals surface area contributed by atoms with Gasteiger partial charge < -0.3 is 18.4 Å². The van der Waals surface area contributed by atoms with Crippen LogP contribution in [0.3, 0.4) is 0 Å². The quantitative estimate of drug-likeness (QED) is 0.222. The Balaban J connectivity index is 1.82. The SMILES string of the molecule is COCCOCN(c1onc(C)c1C)S(=O)(=O)c1cc(Cc2ncco2)ccc1-c1ccccc1. The van der Waals surface area contributed by atoms with E-state index in [4.69, 9.17) is 18.4 Å². The topological polar surface area (TPSA) is 108 Å². The van der Waals surface area contributed by atoms with Gasteiger partial charge in [-0.2, -0.15) is 0 Å². The summed E-state index contributed by atoms with van der Waals surface area (Å²) in [7, 11) is -2.60. The number of aryl methyl sites for hydroxylation is 1. The molecule has 10 heteroatoms. The minimum atomic E-state index is -4.15. The first-order valence-corrected chi connectivity index (χ1v) is 12.4. The van der Waals surface area contributed by atoms with E-state index < -0.39 is 10.0 Å². The Labute approximate surface area is 204 Å². The molecule has 0 aliphatic rings. The highest BCUT2D eigenvalue weighted by atomic mass is 32.2. The summed E-state index contributed by atoms with van der Waals surface area (Å²) < 4.78 is 51.0. The molecule has 0 atom stereocenters. The van der Waals surface area contributed by atoms with Gasteiger partial charge in [-0.05, 0) is 31.0 Å². The monoisotopic (exact) mass is 497 g/mol. The molecule has 9 nitrogen and oxygen atoms in total. The summed E-state index contributed by atoms with van der Waals surface area (Å²) in [5.74, 6) is 0.597. The minimum absolute atomic E-state index is 0.108. The number of hydrogen-bond donors (Lipinski definition) is 0. The number of rotatable bonds is 11. The van der Waals surface area contributed by atoms with Crippen molar-refractivity contribution in [3.63, 3.8) is 0 Å². The molecule has 0 aliphatic heterocycles. The van der Waals surface area contributed by atoms with Crippen molar-refractivity contribution in [3.8, 4) is 11.1 Å². The van der Waals surface area contributed by atoms with E-state index in [0.717, 1.165) is 15.4 Å². The highest BCUT2D eigenvalue weighted by Gasteiger charge is 2.32. The van der Waals surface area contributed by atoms with Crippen LogP contribution in [0.15, 0.2) is 74.8 Å². The smallest absolute Gasteiger partial charge is 0.269 e. The molecule has 0 radical (unpaired) electrons. The van der Waals surface area contributed by atoms with Crippen LogP contribution in [0.5, 0.6) is 0 Å². The third-order valence-corrected chi connectivity index (χ3v) is 7.28. The van der Waals surface area contributed by atoms with Crippen LogP contribution in [0.2, 0.25) is 0 Å². The van der Waals surface area contributed by atoms with Crippen LogP contribution in [0, 0.1) is 13.8 Å². The number of anilines is 1. The first-order chi connectivity index (χ1) is 16.9. The number of hydrogen-bond acceptors (Lipinski definition) is 8. The van der Waals surface area contributed by atoms with Crippen molar-refractivity contribution in [1.82, 2.24) is 10.1 Å². The summed E-state index contributed by atoms with van der Waals surface area (Å²) in [5.41, 5.74) is 3.26. The van der Waals surface area contributed by atoms with E-state index in [1.54, 1.807) is 39.3 Å². The number of oxazole rings is 1. The molecule has 4 rings (SSSR count). The zero-order chi connectivity index (χ0) is 24.8. The van der Waals surface area contributed by atoms with Crippen molar-refractivity contribution >= 4 is 15.9 Å². The normalized spacial score (nSPS) is 11.6. The summed E-state index contributed by atoms with van der Waals surface area (Å²) in [5, 5.41) is 3.95. The van der Waals surface area contributed by atoms with Gasteiger partial charge in [0.1, 0.15) is 13.0 Å². The number of sulfonamides is 1. The van der Waals surface area contributed by atoms with Crippen molar-refractivity contribution in [1.29, 1.82) is 0 Å². The predicted molar refractivity (Wildman–Crippen MR) is 130 cm³/mol. The molecule has 2 aromatic carbocycles. The Bertz CT molecular complexity index is 1350. The average molecular weight is 498 g/mol. The van der Waals surface area contributed by atoms with Gasteiger partial charge in [-0.15, -0.1) is 0 Å². The largest absolute Gasteiger partial charge is 0.449 e. The van der Waals surface area contributed by atoms with Gasteiger partial charge in [0.2, 0.25) is 5.88 Å². The van der Waals surface area contributed by atoms with Crippen LogP contribution < -0.4 is 4.31 Å². The molecule has 0 aliphatic carbocycles. The summed E-state index contributed by atoms with van der Waals surface area (Å²) in [6.07, 6.45) is 3.38. The second kappa shape index (κ2) is 10.9. The van der Waals surface area contributed by atoms with E-state index in [0.29, 0.717) is 35.7 Å². The van der Waals surface area contributed by atoms with Crippen molar-refractivity contribution in [2.45, 2.75) is 25.2 Å². The number of aromatic nitrogens is 2. The third kappa shape index (κ3) is 5.45. The minimum Gasteiger partial charge on any atom is -0.449 e. The Morgan fingerprint density at radius 2 is 1.86 bits per heavy atom. The summed E-state index contributed by atoms with van der Waals surface area (Å²) in [4.78, 5) is 4.27. The molecule has 0 spiro atoms. The lowest BCUT2D eigenvalue weighted by Crippen LogP contribution is -2.34. The zero-order valence-electron chi connectivity index (χ0n) is 19.8. The average Bonchev–Trinajstić information content (AvgIpc) is 3.49. The van der Waals surface area contributed by atoms with Crippen LogP contribution in [0.25, 0.3) is 11.1 Å². The van der Waals surface area contributed by atoms with Gasteiger partial charge in [0.05, 0.1) is 30.0 Å². The van der Waals surface area contributed by atoms with Gasteiger partial charge in [0.15, 0.2) is 5.89 Å². The fraction of sp³-hybridized carbons (Fsp3) is 0.280. The molecule has 0 N–H and O–H groups in total. The van der Waals surface area contributed by atoms with Gasteiger partial charge in [0, 0.05) is 24.7 Å². The third-order valence-electron chi connectivity index (χ3n) is 5.54. The Morgan fingerprint density at radius 3 is 2.51 bits per heavy atom. The Kier molecular flexibility index (Phi) is 7.64. The molecule has 2 aromatic heterocycles. The van der Waals surface area contributed by atoms with Crippen molar-refractivity contribution < 1.29 is 26.8 Å². The molecule has 0 fully saturated rings. The summed E-state index contributed by atoms with van der Waals surface area (Å²) in [6.45, 7) is 3.79. The van der Waals surface area contributed by atoms with Crippen LogP contribution in [0.1, 0.15) is 22.7 Å². The molecular formula is C25H27N3O6S. The molecule has 0 amide bonds. The van der Waals surface area contributed by atoms with Crippen LogP contribution in [-0.2, 0) is 25.9 Å². The number of methoxy groups -OCH3 is 1. The summed E-state index contributed by atoms with van der Waals surface area (Å²) >= 11 is 0. The number of nitrogens with zero attached hydrogens (tertiary/aromatic N) is 3. The first kappa shape index (κ1) is 24.6. The predicted octanol–water partition coefficient (Wildman–Crippen LogP) is 4.35. The second-order valence-electron chi connectivity index (χ2n) is 7.88. The van der Waals surface area contributed by atoms with E-state index in [1.165, 1.54) is 6.26 Å². The molecule has 0 saturated carbocycles. The molecule has 4 aromatic rings. The lowest BCUT2D eigenvalue weighted by Gasteiger charge is -2.24. The van der Waals surface area contributed by atoms with Crippen LogP contribution in [0.4, 0.5) is 5.88 Å². The molecule has 0 saturated heterocycles. The molecule has 2 heterocycles. The summed E-state index contributed by atoms with van der Waals surface area (Å²) in [6, 6.07) is 14.6. The van der Waals surface area contributed by atoms with E-state index in [9.17, 15) is 8.42 Å².